The van der Waals surface area contributed by atoms with Crippen molar-refractivity contribution in [3.63, 3.8) is 0 Å². The molecule has 2 aromatic heterocycles. The van der Waals surface area contributed by atoms with Gasteiger partial charge >= 0.3 is 0 Å². The summed E-state index contributed by atoms with van der Waals surface area (Å²) >= 11 is 0. The van der Waals surface area contributed by atoms with Crippen LogP contribution in [0.1, 0.15) is 23.6 Å². The molecule has 1 aromatic carbocycles. The minimum Gasteiger partial charge on any atom is -0.310 e. The molecule has 118 valence electrons. The summed E-state index contributed by atoms with van der Waals surface area (Å²) in [6, 6.07) is 6.35. The number of rotatable bonds is 3. The van der Waals surface area contributed by atoms with Gasteiger partial charge in [0, 0.05) is 13.0 Å². The number of nitrogens with zero attached hydrogens (tertiary/aromatic N) is 3. The molecular formula is C16H16FN5O. The molecule has 0 radical (unpaired) electrons. The number of fused-ring (bicyclic) bond motifs is 1. The van der Waals surface area contributed by atoms with E-state index in [1.54, 1.807) is 16.8 Å². The monoisotopic (exact) mass is 313 g/mol. The van der Waals surface area contributed by atoms with Crippen molar-refractivity contribution in [3.05, 3.63) is 41.3 Å². The van der Waals surface area contributed by atoms with Gasteiger partial charge in [-0.15, -0.1) is 0 Å². The van der Waals surface area contributed by atoms with Gasteiger partial charge in [0.1, 0.15) is 11.6 Å². The van der Waals surface area contributed by atoms with Gasteiger partial charge in [-0.1, -0.05) is 12.1 Å². The van der Waals surface area contributed by atoms with Gasteiger partial charge in [0.05, 0.1) is 11.1 Å². The molecule has 1 aliphatic carbocycles. The van der Waals surface area contributed by atoms with E-state index in [0.29, 0.717) is 11.5 Å². The maximum atomic E-state index is 13.0. The Balaban J connectivity index is 1.51. The number of hydrogen-bond acceptors (Lipinski definition) is 3. The number of carbonyl (C=O) groups excluding carboxylic acids is 1. The first-order valence-corrected chi connectivity index (χ1v) is 7.48. The van der Waals surface area contributed by atoms with E-state index in [0.717, 1.165) is 23.1 Å². The average molecular weight is 313 g/mol. The van der Waals surface area contributed by atoms with Gasteiger partial charge in [-0.3, -0.25) is 9.89 Å². The van der Waals surface area contributed by atoms with Crippen molar-refractivity contribution in [2.75, 3.05) is 5.32 Å². The van der Waals surface area contributed by atoms with Gasteiger partial charge in [0.25, 0.3) is 0 Å². The van der Waals surface area contributed by atoms with Crippen LogP contribution in [-0.2, 0) is 11.8 Å². The zero-order valence-corrected chi connectivity index (χ0v) is 12.8. The van der Waals surface area contributed by atoms with E-state index in [-0.39, 0.29) is 23.6 Å². The zero-order chi connectivity index (χ0) is 16.1. The van der Waals surface area contributed by atoms with Crippen LogP contribution in [0.2, 0.25) is 0 Å². The van der Waals surface area contributed by atoms with Crippen molar-refractivity contribution in [2.45, 2.75) is 19.3 Å². The summed E-state index contributed by atoms with van der Waals surface area (Å²) in [6.07, 6.45) is 0.779. The standard InChI is InChI=1S/C16H16FN5O/c1-8-13-14(19-20-15(13)22(2)21-8)18-16(23)12-7-11(12)9-3-5-10(17)6-4-9/h3-6,11-12H,7H2,1-2H3,(H2,18,19,20,23)/t11-,12-/m0/s1. The Labute approximate surface area is 131 Å². The number of anilines is 1. The minimum absolute atomic E-state index is 0.0480. The zero-order valence-electron chi connectivity index (χ0n) is 12.8. The molecule has 1 aliphatic rings. The average Bonchev–Trinajstić information content (AvgIpc) is 3.13. The Morgan fingerprint density at radius 2 is 2.13 bits per heavy atom. The predicted molar refractivity (Wildman–Crippen MR) is 83.5 cm³/mol. The molecule has 3 aromatic rings. The SMILES string of the molecule is Cc1nn(C)c2n[nH]c(NC(=O)[C@H]3C[C@H]3c3ccc(F)cc3)c12. The largest absolute Gasteiger partial charge is 0.310 e. The van der Waals surface area contributed by atoms with Crippen molar-refractivity contribution in [3.8, 4) is 0 Å². The summed E-state index contributed by atoms with van der Waals surface area (Å²) in [6.45, 7) is 1.88. The molecule has 0 bridgehead atoms. The van der Waals surface area contributed by atoms with Gasteiger partial charge in [0.2, 0.25) is 5.91 Å². The lowest BCUT2D eigenvalue weighted by Crippen LogP contribution is -2.15. The maximum absolute atomic E-state index is 13.0. The van der Waals surface area contributed by atoms with E-state index in [2.05, 4.69) is 20.6 Å². The third-order valence-corrected chi connectivity index (χ3v) is 4.39. The highest BCUT2D eigenvalue weighted by Crippen LogP contribution is 2.48. The summed E-state index contributed by atoms with van der Waals surface area (Å²) in [5, 5.41) is 15.1. The number of aromatic amines is 1. The molecule has 1 fully saturated rings. The normalized spacial score (nSPS) is 20.0. The molecule has 2 N–H and O–H groups in total. The first-order chi connectivity index (χ1) is 11.0. The second-order valence-corrected chi connectivity index (χ2v) is 6.00. The molecule has 2 heterocycles. The van der Waals surface area contributed by atoms with Crippen molar-refractivity contribution < 1.29 is 9.18 Å². The summed E-state index contributed by atoms with van der Waals surface area (Å²) in [5.41, 5.74) is 2.53. The van der Waals surface area contributed by atoms with E-state index in [4.69, 9.17) is 0 Å². The number of hydrogen-bond donors (Lipinski definition) is 2. The number of aryl methyl sites for hydroxylation is 2. The number of halogens is 1. The van der Waals surface area contributed by atoms with Crippen molar-refractivity contribution >= 4 is 22.8 Å². The molecule has 23 heavy (non-hydrogen) atoms. The summed E-state index contributed by atoms with van der Waals surface area (Å²) < 4.78 is 14.6. The van der Waals surface area contributed by atoms with Crippen LogP contribution >= 0.6 is 0 Å². The highest BCUT2D eigenvalue weighted by Gasteiger charge is 2.44. The van der Waals surface area contributed by atoms with Crippen LogP contribution in [0.5, 0.6) is 0 Å². The van der Waals surface area contributed by atoms with Crippen LogP contribution in [0.3, 0.4) is 0 Å². The Hall–Kier alpha value is -2.70. The number of H-pyrrole nitrogens is 1. The lowest BCUT2D eigenvalue weighted by Gasteiger charge is -2.03. The lowest BCUT2D eigenvalue weighted by atomic mass is 10.1. The first-order valence-electron chi connectivity index (χ1n) is 7.48. The molecule has 0 aliphatic heterocycles. The van der Waals surface area contributed by atoms with Crippen LogP contribution < -0.4 is 5.32 Å². The Morgan fingerprint density at radius 1 is 1.39 bits per heavy atom. The van der Waals surface area contributed by atoms with E-state index >= 15 is 0 Å². The number of carbonyl (C=O) groups is 1. The van der Waals surface area contributed by atoms with E-state index in [1.165, 1.54) is 12.1 Å². The molecule has 2 atom stereocenters. The van der Waals surface area contributed by atoms with Crippen LogP contribution in [0.25, 0.3) is 11.0 Å². The van der Waals surface area contributed by atoms with Crippen molar-refractivity contribution in [2.24, 2.45) is 13.0 Å². The molecule has 0 saturated heterocycles. The minimum atomic E-state index is -0.262. The lowest BCUT2D eigenvalue weighted by molar-refractivity contribution is -0.117. The van der Waals surface area contributed by atoms with Crippen LogP contribution in [0.4, 0.5) is 10.2 Å². The van der Waals surface area contributed by atoms with Crippen molar-refractivity contribution in [1.82, 2.24) is 20.0 Å². The Bertz CT molecular complexity index is 895. The van der Waals surface area contributed by atoms with Gasteiger partial charge in [-0.2, -0.15) is 10.2 Å². The maximum Gasteiger partial charge on any atom is 0.229 e. The number of nitrogens with one attached hydrogen (secondary N) is 2. The molecular weight excluding hydrogens is 297 g/mol. The van der Waals surface area contributed by atoms with Crippen LogP contribution in [-0.4, -0.2) is 25.9 Å². The highest BCUT2D eigenvalue weighted by molar-refractivity contribution is 6.02. The van der Waals surface area contributed by atoms with Crippen molar-refractivity contribution in [1.29, 1.82) is 0 Å². The van der Waals surface area contributed by atoms with Gasteiger partial charge in [-0.25, -0.2) is 9.07 Å². The van der Waals surface area contributed by atoms with E-state index in [1.807, 2.05) is 14.0 Å². The summed E-state index contributed by atoms with van der Waals surface area (Å²) in [7, 11) is 1.81. The van der Waals surface area contributed by atoms with E-state index in [9.17, 15) is 9.18 Å². The first kappa shape index (κ1) is 13.9. The second kappa shape index (κ2) is 4.91. The van der Waals surface area contributed by atoms with Gasteiger partial charge in [0.15, 0.2) is 5.65 Å². The highest BCUT2D eigenvalue weighted by atomic mass is 19.1. The molecule has 1 saturated carbocycles. The molecule has 6 nitrogen and oxygen atoms in total. The molecule has 4 rings (SSSR count). The fourth-order valence-corrected chi connectivity index (χ4v) is 3.10. The smallest absolute Gasteiger partial charge is 0.229 e. The number of amides is 1. The Morgan fingerprint density at radius 3 is 2.87 bits per heavy atom. The Kier molecular flexibility index (Phi) is 2.97. The number of aromatic nitrogens is 4. The second-order valence-electron chi connectivity index (χ2n) is 6.00. The molecule has 1 amide bonds. The van der Waals surface area contributed by atoms with E-state index < -0.39 is 0 Å². The van der Waals surface area contributed by atoms with Gasteiger partial charge < -0.3 is 5.32 Å². The third-order valence-electron chi connectivity index (χ3n) is 4.39. The quantitative estimate of drug-likeness (QED) is 0.780. The molecule has 7 heteroatoms. The number of benzene rings is 1. The molecule has 0 unspecified atom stereocenters. The topological polar surface area (TPSA) is 75.6 Å². The predicted octanol–water partition coefficient (Wildman–Crippen LogP) is 2.49. The van der Waals surface area contributed by atoms with Gasteiger partial charge in [-0.05, 0) is 37.0 Å². The summed E-state index contributed by atoms with van der Waals surface area (Å²) in [5.74, 6) is 0.343. The fraction of sp³-hybridized carbons (Fsp3) is 0.312. The molecule has 0 spiro atoms. The van der Waals surface area contributed by atoms with Crippen LogP contribution in [0, 0.1) is 18.7 Å². The third kappa shape index (κ3) is 2.28. The fourth-order valence-electron chi connectivity index (χ4n) is 3.10. The summed E-state index contributed by atoms with van der Waals surface area (Å²) in [4.78, 5) is 12.4. The van der Waals surface area contributed by atoms with Crippen LogP contribution in [0.15, 0.2) is 24.3 Å².